The van der Waals surface area contributed by atoms with E-state index in [9.17, 15) is 14.9 Å². The topological polar surface area (TPSA) is 110 Å². The van der Waals surface area contributed by atoms with Gasteiger partial charge in [0, 0.05) is 27.0 Å². The van der Waals surface area contributed by atoms with Crippen LogP contribution in [-0.2, 0) is 4.79 Å². The molecule has 0 atom stereocenters. The van der Waals surface area contributed by atoms with Crippen molar-refractivity contribution in [1.82, 2.24) is 5.43 Å². The molecule has 8 nitrogen and oxygen atoms in total. The maximum atomic E-state index is 11.9. The van der Waals surface area contributed by atoms with E-state index >= 15 is 0 Å². The lowest BCUT2D eigenvalue weighted by molar-refractivity contribution is -0.384. The number of hydrogen-bond acceptors (Lipinski definition) is 6. The number of aryl methyl sites for hydroxylation is 1. The van der Waals surface area contributed by atoms with Gasteiger partial charge in [-0.2, -0.15) is 5.10 Å². The van der Waals surface area contributed by atoms with Crippen molar-refractivity contribution in [2.75, 3.05) is 11.9 Å². The molecule has 0 saturated heterocycles. The van der Waals surface area contributed by atoms with E-state index in [2.05, 4.69) is 38.4 Å². The average Bonchev–Trinajstić information content (AvgIpc) is 3.16. The third kappa shape index (κ3) is 5.64. The minimum atomic E-state index is -0.450. The van der Waals surface area contributed by atoms with Gasteiger partial charge in [-0.25, -0.2) is 5.43 Å². The molecule has 0 aliphatic carbocycles. The smallest absolute Gasteiger partial charge is 0.270 e. The first-order valence-electron chi connectivity index (χ1n) is 8.59. The van der Waals surface area contributed by atoms with Crippen LogP contribution in [0.5, 0.6) is 0 Å². The molecule has 1 aromatic heterocycles. The van der Waals surface area contributed by atoms with E-state index in [0.29, 0.717) is 17.1 Å². The summed E-state index contributed by atoms with van der Waals surface area (Å²) in [4.78, 5) is 22.4. The van der Waals surface area contributed by atoms with E-state index in [1.165, 1.54) is 18.3 Å². The Morgan fingerprint density at radius 1 is 1.21 bits per heavy atom. The van der Waals surface area contributed by atoms with Crippen LogP contribution in [-0.4, -0.2) is 23.6 Å². The highest BCUT2D eigenvalue weighted by atomic mass is 127. The lowest BCUT2D eigenvalue weighted by atomic mass is 10.1. The monoisotopic (exact) mass is 504 g/mol. The van der Waals surface area contributed by atoms with Crippen LogP contribution in [0.25, 0.3) is 11.3 Å². The molecule has 2 aromatic carbocycles. The number of non-ortho nitro benzene ring substituents is 1. The minimum Gasteiger partial charge on any atom is -0.455 e. The van der Waals surface area contributed by atoms with Gasteiger partial charge in [0.25, 0.3) is 11.6 Å². The van der Waals surface area contributed by atoms with Gasteiger partial charge in [-0.15, -0.1) is 0 Å². The number of carbonyl (C=O) groups is 1. The lowest BCUT2D eigenvalue weighted by Crippen LogP contribution is -2.25. The molecule has 0 spiro atoms. The second-order valence-electron chi connectivity index (χ2n) is 6.11. The third-order valence-corrected chi connectivity index (χ3v) is 4.72. The fraction of sp³-hybridized carbons (Fsp3) is 0.100. The molecular formula is C20H17IN4O4. The molecular weight excluding hydrogens is 487 g/mol. The second-order valence-corrected chi connectivity index (χ2v) is 7.36. The molecule has 1 amide bonds. The van der Waals surface area contributed by atoms with E-state index in [-0.39, 0.29) is 18.1 Å². The van der Waals surface area contributed by atoms with Crippen LogP contribution >= 0.6 is 22.6 Å². The number of carbonyl (C=O) groups excluding carboxylic acids is 1. The summed E-state index contributed by atoms with van der Waals surface area (Å²) in [5, 5.41) is 17.8. The third-order valence-electron chi connectivity index (χ3n) is 4.00. The first-order chi connectivity index (χ1) is 13.9. The zero-order chi connectivity index (χ0) is 20.8. The van der Waals surface area contributed by atoms with Crippen molar-refractivity contribution >= 4 is 46.1 Å². The average molecular weight is 504 g/mol. The van der Waals surface area contributed by atoms with Gasteiger partial charge in [-0.05, 0) is 71.5 Å². The number of rotatable bonds is 7. The molecule has 3 aromatic rings. The molecule has 2 N–H and O–H groups in total. The Hall–Kier alpha value is -3.21. The molecule has 0 saturated carbocycles. The summed E-state index contributed by atoms with van der Waals surface area (Å²) in [6.07, 6.45) is 1.37. The fourth-order valence-corrected chi connectivity index (χ4v) is 2.87. The normalized spacial score (nSPS) is 10.8. The Morgan fingerprint density at radius 2 is 1.97 bits per heavy atom. The SMILES string of the molecule is Cc1ccc([N+](=O)[O-])cc1-c1ccc(/C=N\NC(=O)CNc2ccc(I)cc2)o1. The molecule has 0 bridgehead atoms. The molecule has 0 fully saturated rings. The number of hydrazone groups is 1. The van der Waals surface area contributed by atoms with Crippen LogP contribution in [0.3, 0.4) is 0 Å². The molecule has 0 unspecified atom stereocenters. The number of hydrogen-bond donors (Lipinski definition) is 2. The van der Waals surface area contributed by atoms with Crippen LogP contribution in [0.1, 0.15) is 11.3 Å². The zero-order valence-electron chi connectivity index (χ0n) is 15.4. The van der Waals surface area contributed by atoms with E-state index in [1.807, 2.05) is 31.2 Å². The van der Waals surface area contributed by atoms with Crippen molar-refractivity contribution in [3.05, 3.63) is 79.6 Å². The first-order valence-corrected chi connectivity index (χ1v) is 9.67. The maximum Gasteiger partial charge on any atom is 0.270 e. The Balaban J connectivity index is 1.58. The summed E-state index contributed by atoms with van der Waals surface area (Å²) in [6.45, 7) is 1.92. The summed E-state index contributed by atoms with van der Waals surface area (Å²) in [5.74, 6) is 0.595. The standard InChI is InChI=1S/C20H17IN4O4/c1-13-2-7-16(25(27)28)10-18(13)19-9-8-17(29-19)11-23-24-20(26)12-22-15-5-3-14(21)4-6-15/h2-11,22H,12H2,1H3,(H,24,26)/b23-11-. The largest absolute Gasteiger partial charge is 0.455 e. The highest BCUT2D eigenvalue weighted by Gasteiger charge is 2.13. The number of halogens is 1. The number of nitro groups is 1. The molecule has 148 valence electrons. The molecule has 1 heterocycles. The summed E-state index contributed by atoms with van der Waals surface area (Å²) in [7, 11) is 0. The minimum absolute atomic E-state index is 0.00916. The van der Waals surface area contributed by atoms with E-state index in [1.54, 1.807) is 18.2 Å². The molecule has 0 radical (unpaired) electrons. The highest BCUT2D eigenvalue weighted by molar-refractivity contribution is 14.1. The lowest BCUT2D eigenvalue weighted by Gasteiger charge is -2.04. The van der Waals surface area contributed by atoms with Crippen molar-refractivity contribution in [2.24, 2.45) is 5.10 Å². The Morgan fingerprint density at radius 3 is 2.69 bits per heavy atom. The summed E-state index contributed by atoms with van der Waals surface area (Å²) in [5.41, 5.74) is 4.73. The number of nitro benzene ring substituents is 1. The first kappa shape index (κ1) is 20.5. The van der Waals surface area contributed by atoms with Crippen LogP contribution in [0.2, 0.25) is 0 Å². The Bertz CT molecular complexity index is 1060. The predicted molar refractivity (Wildman–Crippen MR) is 119 cm³/mol. The van der Waals surface area contributed by atoms with E-state index < -0.39 is 4.92 Å². The molecule has 0 aliphatic rings. The van der Waals surface area contributed by atoms with Crippen molar-refractivity contribution < 1.29 is 14.1 Å². The Kier molecular flexibility index (Phi) is 6.60. The molecule has 9 heteroatoms. The van der Waals surface area contributed by atoms with Gasteiger partial charge in [-0.3, -0.25) is 14.9 Å². The quantitative estimate of drug-likeness (QED) is 0.216. The van der Waals surface area contributed by atoms with Crippen molar-refractivity contribution in [1.29, 1.82) is 0 Å². The van der Waals surface area contributed by atoms with Gasteiger partial charge in [0.15, 0.2) is 0 Å². The second kappa shape index (κ2) is 9.32. The van der Waals surface area contributed by atoms with E-state index in [0.717, 1.165) is 14.8 Å². The number of nitrogens with one attached hydrogen (secondary N) is 2. The van der Waals surface area contributed by atoms with Gasteiger partial charge < -0.3 is 9.73 Å². The molecule has 0 aliphatic heterocycles. The van der Waals surface area contributed by atoms with Crippen LogP contribution in [0.15, 0.2) is 64.1 Å². The summed E-state index contributed by atoms with van der Waals surface area (Å²) >= 11 is 2.21. The number of benzene rings is 2. The van der Waals surface area contributed by atoms with Crippen molar-refractivity contribution in [3.8, 4) is 11.3 Å². The number of anilines is 1. The maximum absolute atomic E-state index is 11.9. The highest BCUT2D eigenvalue weighted by Crippen LogP contribution is 2.28. The van der Waals surface area contributed by atoms with Gasteiger partial charge in [-0.1, -0.05) is 6.07 Å². The van der Waals surface area contributed by atoms with Crippen molar-refractivity contribution in [2.45, 2.75) is 6.92 Å². The van der Waals surface area contributed by atoms with Crippen LogP contribution < -0.4 is 10.7 Å². The fourth-order valence-electron chi connectivity index (χ4n) is 2.51. The predicted octanol–water partition coefficient (Wildman–Crippen LogP) is 4.33. The number of amides is 1. The number of furan rings is 1. The van der Waals surface area contributed by atoms with Crippen LogP contribution in [0.4, 0.5) is 11.4 Å². The number of nitrogens with zero attached hydrogens (tertiary/aromatic N) is 2. The van der Waals surface area contributed by atoms with Gasteiger partial charge in [0.05, 0.1) is 17.7 Å². The van der Waals surface area contributed by atoms with Crippen molar-refractivity contribution in [3.63, 3.8) is 0 Å². The van der Waals surface area contributed by atoms with Gasteiger partial charge in [0.1, 0.15) is 11.5 Å². The Labute approximate surface area is 180 Å². The van der Waals surface area contributed by atoms with Gasteiger partial charge in [0.2, 0.25) is 0 Å². The summed E-state index contributed by atoms with van der Waals surface area (Å²) < 4.78 is 6.78. The summed E-state index contributed by atoms with van der Waals surface area (Å²) in [6, 6.07) is 15.6. The van der Waals surface area contributed by atoms with Gasteiger partial charge >= 0.3 is 0 Å². The van der Waals surface area contributed by atoms with E-state index in [4.69, 9.17) is 4.42 Å². The zero-order valence-corrected chi connectivity index (χ0v) is 17.5. The molecule has 3 rings (SSSR count). The van der Waals surface area contributed by atoms with Crippen LogP contribution in [0, 0.1) is 20.6 Å². The molecule has 29 heavy (non-hydrogen) atoms.